The molecule has 1 aromatic heterocycles. The van der Waals surface area contributed by atoms with Crippen LogP contribution in [0.3, 0.4) is 0 Å². The lowest BCUT2D eigenvalue weighted by Gasteiger charge is -2.29. The van der Waals surface area contributed by atoms with Gasteiger partial charge in [0.2, 0.25) is 0 Å². The summed E-state index contributed by atoms with van der Waals surface area (Å²) in [4.78, 5) is 15.2. The number of benzene rings is 4. The van der Waals surface area contributed by atoms with Gasteiger partial charge in [-0.25, -0.2) is 15.0 Å². The molecule has 5 aromatic rings. The molecule has 1 heterocycles. The molecule has 1 unspecified atom stereocenters. The number of rotatable bonds is 18. The Kier molecular flexibility index (Phi) is 13.8. The van der Waals surface area contributed by atoms with Gasteiger partial charge in [0.1, 0.15) is 24.2 Å². The van der Waals surface area contributed by atoms with Crippen LogP contribution in [0.15, 0.2) is 78.9 Å². The van der Waals surface area contributed by atoms with E-state index in [-0.39, 0.29) is 19.0 Å². The molecule has 280 valence electrons. The van der Waals surface area contributed by atoms with E-state index >= 15 is 0 Å². The molecular formula is C46H57N3O4. The highest BCUT2D eigenvalue weighted by atomic mass is 16.5. The van der Waals surface area contributed by atoms with Crippen LogP contribution in [0, 0.1) is 27.7 Å². The number of aromatic nitrogens is 3. The van der Waals surface area contributed by atoms with Crippen molar-refractivity contribution >= 4 is 0 Å². The van der Waals surface area contributed by atoms with E-state index in [0.717, 1.165) is 51.8 Å². The van der Waals surface area contributed by atoms with Gasteiger partial charge in [-0.15, -0.1) is 0 Å². The van der Waals surface area contributed by atoms with E-state index in [9.17, 15) is 10.2 Å². The van der Waals surface area contributed by atoms with Crippen molar-refractivity contribution in [2.75, 3.05) is 19.8 Å². The average molecular weight is 716 g/mol. The SMILES string of the molecule is CCCCCCCCCOCC(O)COc1ccc(C(C)(C)c2ccccc2-c2nc(-c3ccc(C)cc3C)nc(-c3ccc(C)cc3C)n2)c(O)c1. The molecule has 0 radical (unpaired) electrons. The van der Waals surface area contributed by atoms with E-state index in [1.807, 2.05) is 30.3 Å². The summed E-state index contributed by atoms with van der Waals surface area (Å²) in [6, 6.07) is 26.1. The number of unbranched alkanes of at least 4 members (excludes halogenated alkanes) is 6. The smallest absolute Gasteiger partial charge is 0.164 e. The van der Waals surface area contributed by atoms with Gasteiger partial charge in [0.25, 0.3) is 0 Å². The standard InChI is InChI=1S/C46H57N3O4/c1-8-9-10-11-12-13-16-25-52-29-35(50)30-53-36-21-24-41(42(51)28-36)46(6,7)40-18-15-14-17-39(40)45-48-43(37-22-19-31(2)26-33(37)4)47-44(49-45)38-23-20-32(3)27-34(38)5/h14-15,17-24,26-28,35,50-51H,8-13,16,25,29-30H2,1-7H3. The second kappa shape index (κ2) is 18.4. The van der Waals surface area contributed by atoms with Gasteiger partial charge in [-0.3, -0.25) is 0 Å². The van der Waals surface area contributed by atoms with Crippen molar-refractivity contribution in [2.24, 2.45) is 0 Å². The first-order valence-electron chi connectivity index (χ1n) is 19.2. The second-order valence-electron chi connectivity index (χ2n) is 15.0. The summed E-state index contributed by atoms with van der Waals surface area (Å²) < 4.78 is 11.6. The summed E-state index contributed by atoms with van der Waals surface area (Å²) in [7, 11) is 0. The van der Waals surface area contributed by atoms with Crippen LogP contribution in [0.5, 0.6) is 11.5 Å². The van der Waals surface area contributed by atoms with Crippen LogP contribution < -0.4 is 4.74 Å². The summed E-state index contributed by atoms with van der Waals surface area (Å²) in [5.41, 5.74) is 8.37. The Hall–Kier alpha value is -4.59. The molecule has 0 saturated heterocycles. The van der Waals surface area contributed by atoms with Crippen LogP contribution in [0.2, 0.25) is 0 Å². The molecule has 0 fully saturated rings. The molecule has 4 aromatic carbocycles. The number of phenolic OH excluding ortho intramolecular Hbond substituents is 1. The molecule has 0 bridgehead atoms. The summed E-state index contributed by atoms with van der Waals surface area (Å²) in [5, 5.41) is 21.9. The van der Waals surface area contributed by atoms with Gasteiger partial charge < -0.3 is 19.7 Å². The quantitative estimate of drug-likeness (QED) is 0.0872. The van der Waals surface area contributed by atoms with Gasteiger partial charge in [-0.05, 0) is 56.9 Å². The van der Waals surface area contributed by atoms with E-state index in [1.54, 1.807) is 6.07 Å². The molecule has 0 spiro atoms. The summed E-state index contributed by atoms with van der Waals surface area (Å²) in [6.07, 6.45) is 7.79. The number of phenols is 1. The largest absolute Gasteiger partial charge is 0.507 e. The van der Waals surface area contributed by atoms with Gasteiger partial charge >= 0.3 is 0 Å². The Labute approximate surface area is 316 Å². The van der Waals surface area contributed by atoms with Gasteiger partial charge in [0, 0.05) is 40.3 Å². The first-order valence-corrected chi connectivity index (χ1v) is 19.2. The fourth-order valence-corrected chi connectivity index (χ4v) is 6.99. The average Bonchev–Trinajstić information content (AvgIpc) is 3.13. The van der Waals surface area contributed by atoms with Crippen molar-refractivity contribution in [3.8, 4) is 45.7 Å². The Bertz CT molecular complexity index is 1900. The summed E-state index contributed by atoms with van der Waals surface area (Å²) >= 11 is 0. The molecular weight excluding hydrogens is 659 g/mol. The third-order valence-corrected chi connectivity index (χ3v) is 10.0. The van der Waals surface area contributed by atoms with Crippen LogP contribution >= 0.6 is 0 Å². The molecule has 7 heteroatoms. The Morgan fingerprint density at radius 3 is 1.77 bits per heavy atom. The van der Waals surface area contributed by atoms with Crippen molar-refractivity contribution in [3.63, 3.8) is 0 Å². The number of aliphatic hydroxyl groups is 1. The minimum atomic E-state index is -0.757. The van der Waals surface area contributed by atoms with Crippen LogP contribution in [0.4, 0.5) is 0 Å². The molecule has 0 aliphatic heterocycles. The number of nitrogens with zero attached hydrogens (tertiary/aromatic N) is 3. The number of hydrogen-bond acceptors (Lipinski definition) is 7. The van der Waals surface area contributed by atoms with Crippen LogP contribution in [-0.4, -0.2) is 51.1 Å². The minimum absolute atomic E-state index is 0.0764. The highest BCUT2D eigenvalue weighted by Gasteiger charge is 2.30. The monoisotopic (exact) mass is 715 g/mol. The molecule has 0 aliphatic rings. The molecule has 1 atom stereocenters. The van der Waals surface area contributed by atoms with Crippen LogP contribution in [0.25, 0.3) is 34.2 Å². The van der Waals surface area contributed by atoms with E-state index in [0.29, 0.717) is 29.8 Å². The molecule has 0 amide bonds. The molecule has 5 rings (SSSR count). The highest BCUT2D eigenvalue weighted by molar-refractivity contribution is 5.72. The summed E-state index contributed by atoms with van der Waals surface area (Å²) in [6.45, 7) is 15.7. The molecule has 0 aliphatic carbocycles. The Morgan fingerprint density at radius 1 is 0.623 bits per heavy atom. The van der Waals surface area contributed by atoms with E-state index in [4.69, 9.17) is 24.4 Å². The fourth-order valence-electron chi connectivity index (χ4n) is 6.99. The van der Waals surface area contributed by atoms with E-state index in [1.165, 1.54) is 43.2 Å². The molecule has 2 N–H and O–H groups in total. The predicted molar refractivity (Wildman–Crippen MR) is 216 cm³/mol. The van der Waals surface area contributed by atoms with Crippen LogP contribution in [0.1, 0.15) is 99.1 Å². The maximum atomic E-state index is 11.4. The Balaban J connectivity index is 1.36. The maximum Gasteiger partial charge on any atom is 0.164 e. The number of aryl methyl sites for hydroxylation is 4. The third-order valence-electron chi connectivity index (χ3n) is 10.0. The van der Waals surface area contributed by atoms with Crippen molar-refractivity contribution in [3.05, 3.63) is 112 Å². The number of aliphatic hydroxyl groups excluding tert-OH is 1. The van der Waals surface area contributed by atoms with Crippen molar-refractivity contribution in [1.29, 1.82) is 0 Å². The molecule has 0 saturated carbocycles. The Morgan fingerprint density at radius 2 is 1.19 bits per heavy atom. The normalized spacial score (nSPS) is 12.2. The lowest BCUT2D eigenvalue weighted by atomic mass is 9.75. The van der Waals surface area contributed by atoms with Crippen molar-refractivity contribution in [1.82, 2.24) is 15.0 Å². The fraction of sp³-hybridized carbons (Fsp3) is 0.413. The third kappa shape index (κ3) is 10.3. The van der Waals surface area contributed by atoms with Crippen LogP contribution in [-0.2, 0) is 10.2 Å². The zero-order chi connectivity index (χ0) is 38.0. The lowest BCUT2D eigenvalue weighted by Crippen LogP contribution is -2.24. The number of ether oxygens (including phenoxy) is 2. The van der Waals surface area contributed by atoms with Gasteiger partial charge in [-0.1, -0.05) is 137 Å². The first-order chi connectivity index (χ1) is 25.5. The topological polar surface area (TPSA) is 97.6 Å². The number of hydrogen-bond donors (Lipinski definition) is 2. The summed E-state index contributed by atoms with van der Waals surface area (Å²) in [5.74, 6) is 2.38. The molecule has 7 nitrogen and oxygen atoms in total. The maximum absolute atomic E-state index is 11.4. The van der Waals surface area contributed by atoms with Gasteiger partial charge in [0.15, 0.2) is 17.5 Å². The first kappa shape index (κ1) is 39.6. The van der Waals surface area contributed by atoms with Crippen molar-refractivity contribution < 1.29 is 19.7 Å². The van der Waals surface area contributed by atoms with E-state index in [2.05, 4.69) is 90.9 Å². The van der Waals surface area contributed by atoms with E-state index < -0.39 is 11.5 Å². The lowest BCUT2D eigenvalue weighted by molar-refractivity contribution is 0.0109. The zero-order valence-electron chi connectivity index (χ0n) is 32.7. The van der Waals surface area contributed by atoms with Crippen molar-refractivity contribution in [2.45, 2.75) is 105 Å². The zero-order valence-corrected chi connectivity index (χ0v) is 32.7. The number of aromatic hydroxyl groups is 1. The van der Waals surface area contributed by atoms with Gasteiger partial charge in [0.05, 0.1) is 6.61 Å². The second-order valence-corrected chi connectivity index (χ2v) is 15.0. The predicted octanol–water partition coefficient (Wildman–Crippen LogP) is 10.6. The van der Waals surface area contributed by atoms with Gasteiger partial charge in [-0.2, -0.15) is 0 Å². The highest BCUT2D eigenvalue weighted by Crippen LogP contribution is 2.42. The minimum Gasteiger partial charge on any atom is -0.507 e. The molecule has 53 heavy (non-hydrogen) atoms.